The Kier molecular flexibility index (Phi) is 4.88. The molecule has 0 aliphatic carbocycles. The Morgan fingerprint density at radius 2 is 1.96 bits per heavy atom. The third-order valence-electron chi connectivity index (χ3n) is 3.10. The van der Waals surface area contributed by atoms with Gasteiger partial charge in [0.1, 0.15) is 0 Å². The minimum atomic E-state index is -4.01. The lowest BCUT2D eigenvalue weighted by Crippen LogP contribution is -2.34. The highest BCUT2D eigenvalue weighted by atomic mass is 79.9. The molecule has 0 saturated heterocycles. The van der Waals surface area contributed by atoms with E-state index in [-0.39, 0.29) is 10.0 Å². The van der Waals surface area contributed by atoms with Crippen LogP contribution in [0.15, 0.2) is 50.0 Å². The number of amides is 2. The lowest BCUT2D eigenvalue weighted by molar-refractivity contribution is 0.256. The van der Waals surface area contributed by atoms with Crippen molar-refractivity contribution >= 4 is 48.5 Å². The van der Waals surface area contributed by atoms with Crippen molar-refractivity contribution in [1.82, 2.24) is 14.7 Å². The number of aromatic nitrogens is 2. The number of carbonyl (C=O) groups excluding carboxylic acids is 1. The summed E-state index contributed by atoms with van der Waals surface area (Å²) in [5.74, 6) is 0.559. The number of oxazole rings is 1. The number of nitrogens with one attached hydrogen (secondary N) is 2. The molecule has 11 heteroatoms. The summed E-state index contributed by atoms with van der Waals surface area (Å²) in [7, 11) is -4.01. The zero-order chi connectivity index (χ0) is 18.0. The maximum absolute atomic E-state index is 12.3. The number of hydrogen-bond donors (Lipinski definition) is 2. The van der Waals surface area contributed by atoms with E-state index in [2.05, 4.69) is 31.2 Å². The largest absolute Gasteiger partial charge is 0.443 e. The lowest BCUT2D eigenvalue weighted by Gasteiger charge is -2.07. The normalized spacial score (nSPS) is 11.3. The molecule has 0 bridgehead atoms. The summed E-state index contributed by atoms with van der Waals surface area (Å²) in [6, 6.07) is 5.03. The van der Waals surface area contributed by atoms with Crippen molar-refractivity contribution in [2.45, 2.75) is 11.8 Å². The topological polar surface area (TPSA) is 114 Å². The summed E-state index contributed by atoms with van der Waals surface area (Å²) in [5, 5.41) is 2.63. The van der Waals surface area contributed by atoms with Crippen LogP contribution in [-0.2, 0) is 10.0 Å². The van der Waals surface area contributed by atoms with E-state index < -0.39 is 16.1 Å². The number of carbonyl (C=O) groups is 1. The number of sulfonamides is 1. The molecule has 3 rings (SSSR count). The van der Waals surface area contributed by atoms with E-state index in [1.54, 1.807) is 19.1 Å². The van der Waals surface area contributed by atoms with Gasteiger partial charge in [-0.25, -0.2) is 27.9 Å². The molecule has 0 fully saturated rings. The Bertz CT molecular complexity index is 1010. The van der Waals surface area contributed by atoms with E-state index in [1.165, 1.54) is 24.7 Å². The van der Waals surface area contributed by atoms with Crippen LogP contribution in [0.3, 0.4) is 0 Å². The molecule has 2 amide bonds. The highest BCUT2D eigenvalue weighted by molar-refractivity contribution is 9.11. The number of rotatable bonds is 4. The van der Waals surface area contributed by atoms with Crippen molar-refractivity contribution in [3.8, 4) is 11.3 Å². The molecule has 25 heavy (non-hydrogen) atoms. The van der Waals surface area contributed by atoms with Crippen LogP contribution in [0.4, 0.5) is 9.93 Å². The summed E-state index contributed by atoms with van der Waals surface area (Å²) in [4.78, 5) is 19.7. The molecule has 0 radical (unpaired) electrons. The molecule has 2 aromatic heterocycles. The van der Waals surface area contributed by atoms with Gasteiger partial charge in [0.05, 0.1) is 20.6 Å². The second kappa shape index (κ2) is 6.94. The molecule has 130 valence electrons. The predicted molar refractivity (Wildman–Crippen MR) is 95.8 cm³/mol. The minimum absolute atomic E-state index is 0.0520. The fourth-order valence-electron chi connectivity index (χ4n) is 1.98. The molecule has 0 atom stereocenters. The van der Waals surface area contributed by atoms with E-state index in [1.807, 2.05) is 4.72 Å². The lowest BCUT2D eigenvalue weighted by atomic mass is 10.1. The number of hydrogen-bond acceptors (Lipinski definition) is 7. The van der Waals surface area contributed by atoms with Gasteiger partial charge in [0.25, 0.3) is 10.0 Å². The number of benzene rings is 1. The van der Waals surface area contributed by atoms with Gasteiger partial charge in [-0.1, -0.05) is 11.3 Å². The first kappa shape index (κ1) is 17.6. The SMILES string of the molecule is Cc1ncoc1-c1ccc(S(=O)(=O)NC(=O)Nc2ncc(Br)s2)cc1. The molecule has 2 N–H and O–H groups in total. The van der Waals surface area contributed by atoms with Crippen molar-refractivity contribution in [2.24, 2.45) is 0 Å². The van der Waals surface area contributed by atoms with Gasteiger partial charge in [-0.2, -0.15) is 0 Å². The molecule has 0 spiro atoms. The van der Waals surface area contributed by atoms with Gasteiger partial charge in [-0.3, -0.25) is 5.32 Å². The quantitative estimate of drug-likeness (QED) is 0.639. The fraction of sp³-hybridized carbons (Fsp3) is 0.0714. The summed E-state index contributed by atoms with van der Waals surface area (Å²) in [6.45, 7) is 1.78. The maximum atomic E-state index is 12.3. The van der Waals surface area contributed by atoms with Crippen LogP contribution in [0, 0.1) is 6.92 Å². The number of nitrogens with zero attached hydrogens (tertiary/aromatic N) is 2. The predicted octanol–water partition coefficient (Wildman–Crippen LogP) is 3.38. The Morgan fingerprint density at radius 3 is 2.52 bits per heavy atom. The van der Waals surface area contributed by atoms with Crippen LogP contribution >= 0.6 is 27.3 Å². The Morgan fingerprint density at radius 1 is 1.24 bits per heavy atom. The molecule has 2 heterocycles. The third-order valence-corrected chi connectivity index (χ3v) is 5.84. The second-order valence-corrected chi connectivity index (χ2v) is 8.91. The first-order chi connectivity index (χ1) is 11.8. The molecule has 0 aliphatic heterocycles. The monoisotopic (exact) mass is 442 g/mol. The molecule has 1 aromatic carbocycles. The van der Waals surface area contributed by atoms with E-state index in [0.717, 1.165) is 11.3 Å². The van der Waals surface area contributed by atoms with Crippen molar-refractivity contribution in [3.63, 3.8) is 0 Å². The van der Waals surface area contributed by atoms with E-state index in [9.17, 15) is 13.2 Å². The Labute approximate surface area is 155 Å². The van der Waals surface area contributed by atoms with Crippen LogP contribution in [0.2, 0.25) is 0 Å². The number of anilines is 1. The summed E-state index contributed by atoms with van der Waals surface area (Å²) >= 11 is 4.36. The second-order valence-electron chi connectivity index (χ2n) is 4.82. The van der Waals surface area contributed by atoms with Crippen molar-refractivity contribution in [1.29, 1.82) is 0 Å². The van der Waals surface area contributed by atoms with Gasteiger partial charge in [0.15, 0.2) is 17.3 Å². The number of halogens is 1. The van der Waals surface area contributed by atoms with Crippen LogP contribution in [0.5, 0.6) is 0 Å². The van der Waals surface area contributed by atoms with Gasteiger partial charge >= 0.3 is 6.03 Å². The highest BCUT2D eigenvalue weighted by Crippen LogP contribution is 2.24. The zero-order valence-corrected chi connectivity index (χ0v) is 15.9. The Hall–Kier alpha value is -2.24. The van der Waals surface area contributed by atoms with E-state index in [0.29, 0.717) is 20.8 Å². The average molecular weight is 443 g/mol. The van der Waals surface area contributed by atoms with Gasteiger partial charge in [-0.15, -0.1) is 0 Å². The van der Waals surface area contributed by atoms with Gasteiger partial charge < -0.3 is 4.42 Å². The standard InChI is InChI=1S/C14H11BrN4O4S2/c1-8-12(23-7-17-8)9-2-4-10(5-3-9)25(21,22)19-13(20)18-14-16-6-11(15)24-14/h2-7H,1H3,(H2,16,18,19,20). The molecule has 0 aliphatic rings. The first-order valence-corrected chi connectivity index (χ1v) is 9.90. The van der Waals surface area contributed by atoms with E-state index >= 15 is 0 Å². The average Bonchev–Trinajstić information content (AvgIpc) is 3.15. The third kappa shape index (κ3) is 4.06. The van der Waals surface area contributed by atoms with Crippen LogP contribution in [0.25, 0.3) is 11.3 Å². The van der Waals surface area contributed by atoms with Crippen LogP contribution < -0.4 is 10.0 Å². The molecule has 3 aromatic rings. The molecular formula is C14H11BrN4O4S2. The van der Waals surface area contributed by atoms with E-state index in [4.69, 9.17) is 4.42 Å². The van der Waals surface area contributed by atoms with Crippen molar-refractivity contribution in [2.75, 3.05) is 5.32 Å². The molecule has 0 unspecified atom stereocenters. The van der Waals surface area contributed by atoms with Crippen LogP contribution in [-0.4, -0.2) is 24.4 Å². The van der Waals surface area contributed by atoms with Crippen molar-refractivity contribution < 1.29 is 17.6 Å². The number of urea groups is 1. The number of aryl methyl sites for hydroxylation is 1. The summed E-state index contributed by atoms with van der Waals surface area (Å²) in [6.07, 6.45) is 2.82. The highest BCUT2D eigenvalue weighted by Gasteiger charge is 2.19. The smallest absolute Gasteiger partial charge is 0.334 e. The minimum Gasteiger partial charge on any atom is -0.443 e. The van der Waals surface area contributed by atoms with Crippen molar-refractivity contribution in [3.05, 3.63) is 46.3 Å². The van der Waals surface area contributed by atoms with Crippen LogP contribution in [0.1, 0.15) is 5.69 Å². The summed E-state index contributed by atoms with van der Waals surface area (Å²) < 4.78 is 32.4. The summed E-state index contributed by atoms with van der Waals surface area (Å²) in [5.41, 5.74) is 1.38. The zero-order valence-electron chi connectivity index (χ0n) is 12.7. The number of thiazole rings is 1. The first-order valence-electron chi connectivity index (χ1n) is 6.81. The van der Waals surface area contributed by atoms with Gasteiger partial charge in [0, 0.05) is 5.56 Å². The Balaban J connectivity index is 1.73. The molecule has 0 saturated carbocycles. The molecule has 8 nitrogen and oxygen atoms in total. The van der Waals surface area contributed by atoms with Gasteiger partial charge in [0.2, 0.25) is 0 Å². The fourth-order valence-corrected chi connectivity index (χ4v) is 3.99. The maximum Gasteiger partial charge on any atom is 0.334 e. The van der Waals surface area contributed by atoms with Gasteiger partial charge in [-0.05, 0) is 47.1 Å². The molecular weight excluding hydrogens is 432 g/mol.